The average Bonchev–Trinajstić information content (AvgIpc) is 2.94. The summed E-state index contributed by atoms with van der Waals surface area (Å²) in [6.07, 6.45) is 2.26. The zero-order chi connectivity index (χ0) is 27.6. The predicted molar refractivity (Wildman–Crippen MR) is 160 cm³/mol. The number of likely N-dealkylation sites (N-methyl/N-ethyl adjacent to an activating group) is 1. The number of amides is 1. The fraction of sp³-hybridized carbons (Fsp3) is 0.259. The second-order valence-corrected chi connectivity index (χ2v) is 10.4. The van der Waals surface area contributed by atoms with Gasteiger partial charge in [-0.15, -0.1) is 0 Å². The number of aromatic nitrogens is 2. The molecular weight excluding hydrogens is 537 g/mol. The van der Waals surface area contributed by atoms with Crippen molar-refractivity contribution in [3.63, 3.8) is 0 Å². The first-order valence-corrected chi connectivity index (χ1v) is 13.7. The summed E-state index contributed by atoms with van der Waals surface area (Å²) in [5.41, 5.74) is 1.81. The molecule has 39 heavy (non-hydrogen) atoms. The zero-order valence-corrected chi connectivity index (χ0v) is 23.2. The molecule has 1 fully saturated rings. The van der Waals surface area contributed by atoms with Crippen molar-refractivity contribution in [1.29, 1.82) is 0 Å². The summed E-state index contributed by atoms with van der Waals surface area (Å²) in [6, 6.07) is 14.2. The van der Waals surface area contributed by atoms with Crippen molar-refractivity contribution in [3.05, 3.63) is 73.2 Å². The number of thioether (sulfide) groups is 1. The van der Waals surface area contributed by atoms with E-state index in [4.69, 9.17) is 17.0 Å². The van der Waals surface area contributed by atoms with E-state index in [1.165, 1.54) is 6.08 Å². The van der Waals surface area contributed by atoms with E-state index in [2.05, 4.69) is 49.3 Å². The number of hydrogen-bond acceptors (Lipinski definition) is 9. The molecule has 2 heterocycles. The number of nitrogens with zero attached hydrogens (tertiary/aromatic N) is 4. The SMILES string of the molecule is C=CC(=O)Nc1cccc(Nc2nc(Nc3ccc(OCCSC(=S)N4CCN(C)CC4)cc3)ncc2F)c1. The Morgan fingerprint density at radius 2 is 1.87 bits per heavy atom. The summed E-state index contributed by atoms with van der Waals surface area (Å²) in [7, 11) is 2.13. The number of thiocarbonyl (C=S) groups is 1. The lowest BCUT2D eigenvalue weighted by Gasteiger charge is -2.33. The van der Waals surface area contributed by atoms with Gasteiger partial charge in [0.05, 0.1) is 12.8 Å². The Labute approximate surface area is 236 Å². The highest BCUT2D eigenvalue weighted by molar-refractivity contribution is 8.22. The molecule has 0 atom stereocenters. The van der Waals surface area contributed by atoms with Gasteiger partial charge in [-0.05, 0) is 55.6 Å². The molecule has 12 heteroatoms. The number of anilines is 5. The van der Waals surface area contributed by atoms with E-state index in [9.17, 15) is 9.18 Å². The van der Waals surface area contributed by atoms with Crippen LogP contribution in [0.1, 0.15) is 0 Å². The maximum Gasteiger partial charge on any atom is 0.247 e. The van der Waals surface area contributed by atoms with Crippen LogP contribution in [0.25, 0.3) is 0 Å². The normalized spacial score (nSPS) is 13.4. The van der Waals surface area contributed by atoms with Crippen LogP contribution < -0.4 is 20.7 Å². The van der Waals surface area contributed by atoms with E-state index in [0.717, 1.165) is 53.9 Å². The largest absolute Gasteiger partial charge is 0.493 e. The van der Waals surface area contributed by atoms with Crippen molar-refractivity contribution in [1.82, 2.24) is 19.8 Å². The van der Waals surface area contributed by atoms with E-state index in [1.807, 2.05) is 24.3 Å². The lowest BCUT2D eigenvalue weighted by Crippen LogP contribution is -2.45. The van der Waals surface area contributed by atoms with E-state index in [-0.39, 0.29) is 17.7 Å². The van der Waals surface area contributed by atoms with Gasteiger partial charge in [-0.2, -0.15) is 4.98 Å². The molecule has 1 aromatic heterocycles. The molecule has 0 saturated carbocycles. The van der Waals surface area contributed by atoms with Gasteiger partial charge in [0.2, 0.25) is 11.9 Å². The standard InChI is InChI=1S/C27H30FN7O2S2/c1-3-24(36)30-20-5-4-6-21(17-20)31-25-23(28)18-29-26(33-25)32-19-7-9-22(10-8-19)37-15-16-39-27(38)35-13-11-34(2)12-14-35/h3-10,17-18H,1,11-16H2,2H3,(H,30,36)(H2,29,31,32,33). The van der Waals surface area contributed by atoms with Gasteiger partial charge in [0.1, 0.15) is 10.1 Å². The van der Waals surface area contributed by atoms with Crippen LogP contribution in [0.15, 0.2) is 67.4 Å². The maximum atomic E-state index is 14.4. The molecule has 3 N–H and O–H groups in total. The Morgan fingerprint density at radius 1 is 1.13 bits per heavy atom. The Kier molecular flexibility index (Phi) is 10.1. The first-order valence-electron chi connectivity index (χ1n) is 12.3. The van der Waals surface area contributed by atoms with Crippen LogP contribution in [0.4, 0.5) is 33.2 Å². The summed E-state index contributed by atoms with van der Waals surface area (Å²) >= 11 is 7.19. The van der Waals surface area contributed by atoms with Crippen molar-refractivity contribution >= 4 is 63.0 Å². The van der Waals surface area contributed by atoms with Gasteiger partial charge < -0.3 is 30.5 Å². The van der Waals surface area contributed by atoms with Crippen molar-refractivity contribution in [3.8, 4) is 5.75 Å². The van der Waals surface area contributed by atoms with Gasteiger partial charge in [-0.3, -0.25) is 4.79 Å². The molecule has 1 aliphatic heterocycles. The van der Waals surface area contributed by atoms with E-state index < -0.39 is 5.82 Å². The van der Waals surface area contributed by atoms with Crippen LogP contribution >= 0.6 is 24.0 Å². The molecule has 4 rings (SSSR count). The number of benzene rings is 2. The Hall–Kier alpha value is -3.74. The number of nitrogens with one attached hydrogen (secondary N) is 3. The Balaban J connectivity index is 1.27. The predicted octanol–water partition coefficient (Wildman–Crippen LogP) is 4.87. The van der Waals surface area contributed by atoms with Crippen molar-refractivity contribution in [2.45, 2.75) is 0 Å². The molecule has 0 radical (unpaired) electrons. The molecule has 2 aromatic carbocycles. The van der Waals surface area contributed by atoms with Gasteiger partial charge in [-0.25, -0.2) is 9.37 Å². The monoisotopic (exact) mass is 567 g/mol. The van der Waals surface area contributed by atoms with E-state index in [0.29, 0.717) is 18.0 Å². The zero-order valence-electron chi connectivity index (χ0n) is 21.5. The number of halogens is 1. The van der Waals surface area contributed by atoms with Crippen molar-refractivity contribution in [2.75, 3.05) is 61.5 Å². The first kappa shape index (κ1) is 28.3. The van der Waals surface area contributed by atoms with Crippen molar-refractivity contribution in [2.24, 2.45) is 0 Å². The molecule has 1 saturated heterocycles. The molecule has 1 amide bonds. The Bertz CT molecular complexity index is 1300. The summed E-state index contributed by atoms with van der Waals surface area (Å²) in [5.74, 6) is 0.761. The third kappa shape index (κ3) is 8.63. The third-order valence-corrected chi connectivity index (χ3v) is 7.26. The quantitative estimate of drug-likeness (QED) is 0.179. The topological polar surface area (TPSA) is 94.6 Å². The maximum absolute atomic E-state index is 14.4. The van der Waals surface area contributed by atoms with Gasteiger partial charge >= 0.3 is 0 Å². The summed E-state index contributed by atoms with van der Waals surface area (Å²) in [6.45, 7) is 7.97. The smallest absolute Gasteiger partial charge is 0.247 e. The molecule has 0 aliphatic carbocycles. The van der Waals surface area contributed by atoms with Crippen LogP contribution in [-0.4, -0.2) is 75.6 Å². The number of piperazine rings is 1. The lowest BCUT2D eigenvalue weighted by atomic mass is 10.2. The molecule has 1 aliphatic rings. The number of rotatable bonds is 10. The first-order chi connectivity index (χ1) is 18.9. The fourth-order valence-electron chi connectivity index (χ4n) is 3.65. The summed E-state index contributed by atoms with van der Waals surface area (Å²) in [4.78, 5) is 24.4. The van der Waals surface area contributed by atoms with Crippen LogP contribution in [0, 0.1) is 5.82 Å². The molecule has 9 nitrogen and oxygen atoms in total. The van der Waals surface area contributed by atoms with Crippen LogP contribution in [0.3, 0.4) is 0 Å². The minimum Gasteiger partial charge on any atom is -0.493 e. The van der Waals surface area contributed by atoms with Crippen LogP contribution in [-0.2, 0) is 4.79 Å². The highest BCUT2D eigenvalue weighted by Gasteiger charge is 2.16. The molecule has 0 unspecified atom stereocenters. The number of hydrogen-bond donors (Lipinski definition) is 3. The van der Waals surface area contributed by atoms with E-state index >= 15 is 0 Å². The fourth-order valence-corrected chi connectivity index (χ4v) is 4.79. The second kappa shape index (κ2) is 13.9. The van der Waals surface area contributed by atoms with E-state index in [1.54, 1.807) is 36.0 Å². The van der Waals surface area contributed by atoms with Gasteiger partial charge in [0, 0.05) is 49.0 Å². The van der Waals surface area contributed by atoms with Gasteiger partial charge in [-0.1, -0.05) is 36.6 Å². The number of carbonyl (C=O) groups excluding carboxylic acids is 1. The highest BCUT2D eigenvalue weighted by Crippen LogP contribution is 2.24. The molecule has 204 valence electrons. The average molecular weight is 568 g/mol. The number of carbonyl (C=O) groups is 1. The van der Waals surface area contributed by atoms with Crippen LogP contribution in [0.2, 0.25) is 0 Å². The minimum atomic E-state index is -0.616. The molecule has 0 bridgehead atoms. The number of ether oxygens (including phenoxy) is 1. The molecular formula is C27H30FN7O2S2. The van der Waals surface area contributed by atoms with Crippen molar-refractivity contribution < 1.29 is 13.9 Å². The Morgan fingerprint density at radius 3 is 2.62 bits per heavy atom. The minimum absolute atomic E-state index is 0.00774. The summed E-state index contributed by atoms with van der Waals surface area (Å²) < 4.78 is 21.2. The third-order valence-electron chi connectivity index (χ3n) is 5.77. The highest BCUT2D eigenvalue weighted by atomic mass is 32.2. The van der Waals surface area contributed by atoms with Gasteiger partial charge in [0.15, 0.2) is 11.6 Å². The summed E-state index contributed by atoms with van der Waals surface area (Å²) in [5, 5.41) is 8.65. The van der Waals surface area contributed by atoms with Gasteiger partial charge in [0.25, 0.3) is 0 Å². The second-order valence-electron chi connectivity index (χ2n) is 8.69. The lowest BCUT2D eigenvalue weighted by molar-refractivity contribution is -0.111. The van der Waals surface area contributed by atoms with Crippen LogP contribution in [0.5, 0.6) is 5.75 Å². The molecule has 3 aromatic rings. The molecule has 0 spiro atoms.